The zero-order valence-corrected chi connectivity index (χ0v) is 7.82. The van der Waals surface area contributed by atoms with E-state index in [4.69, 9.17) is 6.42 Å². The van der Waals surface area contributed by atoms with Crippen LogP contribution in [0.2, 0.25) is 0 Å². The maximum atomic E-state index is 11.0. The second-order valence-electron chi connectivity index (χ2n) is 2.81. The Bertz CT molecular complexity index is 330. The maximum absolute atomic E-state index is 11.0. The number of rotatable bonds is 4. The molecule has 0 bridgehead atoms. The molecule has 0 aromatic heterocycles. The Hall–Kier alpha value is -2.03. The second-order valence-corrected chi connectivity index (χ2v) is 2.81. The van der Waals surface area contributed by atoms with Crippen molar-refractivity contribution in [3.05, 3.63) is 0 Å². The zero-order chi connectivity index (χ0) is 11.3. The van der Waals surface area contributed by atoms with Crippen LogP contribution in [0.5, 0.6) is 0 Å². The highest BCUT2D eigenvalue weighted by Gasteiger charge is 2.32. The van der Waals surface area contributed by atoms with Gasteiger partial charge in [-0.2, -0.15) is 0 Å². The fourth-order valence-electron chi connectivity index (χ4n) is 1.04. The van der Waals surface area contributed by atoms with E-state index >= 15 is 0 Å². The number of amides is 1. The summed E-state index contributed by atoms with van der Waals surface area (Å²) in [6.45, 7) is -0.0969. The van der Waals surface area contributed by atoms with Crippen LogP contribution in [0.3, 0.4) is 0 Å². The van der Waals surface area contributed by atoms with Crippen molar-refractivity contribution >= 4 is 18.0 Å². The van der Waals surface area contributed by atoms with Gasteiger partial charge in [-0.15, -0.1) is 6.42 Å². The van der Waals surface area contributed by atoms with Gasteiger partial charge in [0.25, 0.3) is 0 Å². The molecule has 15 heavy (non-hydrogen) atoms. The zero-order valence-electron chi connectivity index (χ0n) is 7.82. The molecule has 6 heteroatoms. The molecule has 0 aromatic rings. The van der Waals surface area contributed by atoms with Gasteiger partial charge in [0.2, 0.25) is 0 Å². The van der Waals surface area contributed by atoms with Crippen molar-refractivity contribution in [2.45, 2.75) is 18.9 Å². The van der Waals surface area contributed by atoms with Crippen LogP contribution in [0.15, 0.2) is 0 Å². The number of cyclic esters (lactones) is 2. The van der Waals surface area contributed by atoms with Gasteiger partial charge in [-0.05, 0) is 6.42 Å². The number of esters is 2. The first-order valence-electron chi connectivity index (χ1n) is 4.24. The smallest absolute Gasteiger partial charge is 0.415 e. The monoisotopic (exact) mass is 211 g/mol. The van der Waals surface area contributed by atoms with Gasteiger partial charge in [0.15, 0.2) is 6.61 Å². The van der Waals surface area contributed by atoms with Gasteiger partial charge in [-0.1, -0.05) is 5.92 Å². The largest absolute Gasteiger partial charge is 0.452 e. The summed E-state index contributed by atoms with van der Waals surface area (Å²) >= 11 is 0. The normalized spacial score (nSPS) is 19.0. The molecule has 1 rings (SSSR count). The van der Waals surface area contributed by atoms with Crippen molar-refractivity contribution in [2.24, 2.45) is 0 Å². The van der Waals surface area contributed by atoms with Crippen LogP contribution in [0, 0.1) is 12.3 Å². The average molecular weight is 211 g/mol. The minimum absolute atomic E-state index is 0.00171. The summed E-state index contributed by atoms with van der Waals surface area (Å²) in [5.74, 6) is 0.950. The Kier molecular flexibility index (Phi) is 3.68. The van der Waals surface area contributed by atoms with E-state index in [1.54, 1.807) is 0 Å². The fraction of sp³-hybridized carbons (Fsp3) is 0.444. The fourth-order valence-corrected chi connectivity index (χ4v) is 1.04. The molecule has 1 amide bonds. The van der Waals surface area contributed by atoms with Crippen molar-refractivity contribution in [1.29, 1.82) is 0 Å². The van der Waals surface area contributed by atoms with E-state index in [1.807, 2.05) is 0 Å². The Morgan fingerprint density at radius 3 is 2.87 bits per heavy atom. The van der Waals surface area contributed by atoms with E-state index in [9.17, 15) is 14.4 Å². The summed E-state index contributed by atoms with van der Waals surface area (Å²) in [6.07, 6.45) is 4.24. The summed E-state index contributed by atoms with van der Waals surface area (Å²) in [5.41, 5.74) is 0. The summed E-state index contributed by atoms with van der Waals surface area (Å²) in [4.78, 5) is 32.5. The molecular formula is C9H9NO5. The number of carbonyl (C=O) groups excluding carboxylic acids is 3. The molecule has 1 atom stereocenters. The summed E-state index contributed by atoms with van der Waals surface area (Å²) in [6, 6.07) is -0.768. The molecule has 1 fully saturated rings. The molecule has 1 saturated heterocycles. The van der Waals surface area contributed by atoms with Crippen molar-refractivity contribution in [1.82, 2.24) is 5.32 Å². The molecule has 1 aliphatic rings. The minimum atomic E-state index is -0.790. The van der Waals surface area contributed by atoms with E-state index in [2.05, 4.69) is 20.7 Å². The third-order valence-corrected chi connectivity index (χ3v) is 1.72. The summed E-state index contributed by atoms with van der Waals surface area (Å²) in [7, 11) is 0. The van der Waals surface area contributed by atoms with Crippen molar-refractivity contribution in [3.8, 4) is 12.3 Å². The van der Waals surface area contributed by atoms with Gasteiger partial charge >= 0.3 is 18.0 Å². The van der Waals surface area contributed by atoms with Gasteiger partial charge in [0, 0.05) is 6.42 Å². The molecule has 0 aromatic carbocycles. The van der Waals surface area contributed by atoms with Crippen molar-refractivity contribution in [3.63, 3.8) is 0 Å². The molecular weight excluding hydrogens is 202 g/mol. The van der Waals surface area contributed by atoms with Gasteiger partial charge in [0.1, 0.15) is 6.04 Å². The van der Waals surface area contributed by atoms with Crippen molar-refractivity contribution < 1.29 is 23.9 Å². The number of carbonyl (C=O) groups is 3. The molecule has 1 heterocycles. The molecule has 1 aliphatic heterocycles. The number of ether oxygens (including phenoxy) is 2. The van der Waals surface area contributed by atoms with Crippen LogP contribution < -0.4 is 5.32 Å². The van der Waals surface area contributed by atoms with Gasteiger partial charge in [0.05, 0.1) is 0 Å². The lowest BCUT2D eigenvalue weighted by atomic mass is 10.2. The lowest BCUT2D eigenvalue weighted by Gasteiger charge is -2.04. The van der Waals surface area contributed by atoms with Crippen LogP contribution in [0.25, 0.3) is 0 Å². The van der Waals surface area contributed by atoms with Gasteiger partial charge in [-0.3, -0.25) is 4.79 Å². The third kappa shape index (κ3) is 3.31. The van der Waals surface area contributed by atoms with Crippen LogP contribution >= 0.6 is 0 Å². The Morgan fingerprint density at radius 2 is 2.33 bits per heavy atom. The Labute approximate surface area is 85.9 Å². The van der Waals surface area contributed by atoms with E-state index < -0.39 is 24.1 Å². The number of hydrogen-bond acceptors (Lipinski definition) is 5. The highest BCUT2D eigenvalue weighted by atomic mass is 16.6. The maximum Gasteiger partial charge on any atom is 0.415 e. The SMILES string of the molecule is C#CCOC(=O)CC[C@H]1NC(=O)OC1=O. The number of alkyl carbamates (subject to hydrolysis) is 1. The van der Waals surface area contributed by atoms with E-state index in [0.29, 0.717) is 0 Å². The lowest BCUT2D eigenvalue weighted by molar-refractivity contribution is -0.142. The highest BCUT2D eigenvalue weighted by molar-refractivity contribution is 5.95. The van der Waals surface area contributed by atoms with Crippen LogP contribution in [-0.4, -0.2) is 30.7 Å². The topological polar surface area (TPSA) is 81.7 Å². The van der Waals surface area contributed by atoms with Crippen LogP contribution in [0.4, 0.5) is 4.79 Å². The third-order valence-electron chi connectivity index (χ3n) is 1.72. The Balaban J connectivity index is 2.26. The molecule has 0 aliphatic carbocycles. The number of hydrogen-bond donors (Lipinski definition) is 1. The van der Waals surface area contributed by atoms with E-state index in [0.717, 1.165) is 0 Å². The number of nitrogens with one attached hydrogen (secondary N) is 1. The van der Waals surface area contributed by atoms with Crippen LogP contribution in [0.1, 0.15) is 12.8 Å². The predicted octanol–water partition coefficient (Wildman–Crippen LogP) is -0.422. The first-order chi connectivity index (χ1) is 7.13. The average Bonchev–Trinajstić information content (AvgIpc) is 2.51. The minimum Gasteiger partial charge on any atom is -0.452 e. The predicted molar refractivity (Wildman–Crippen MR) is 47.4 cm³/mol. The van der Waals surface area contributed by atoms with E-state index in [-0.39, 0.29) is 19.4 Å². The summed E-state index contributed by atoms with van der Waals surface area (Å²) < 4.78 is 8.79. The lowest BCUT2D eigenvalue weighted by Crippen LogP contribution is -2.29. The first kappa shape index (κ1) is 11.0. The van der Waals surface area contributed by atoms with E-state index in [1.165, 1.54) is 0 Å². The molecule has 0 unspecified atom stereocenters. The highest BCUT2D eigenvalue weighted by Crippen LogP contribution is 2.07. The number of terminal acetylenes is 1. The molecule has 0 spiro atoms. The van der Waals surface area contributed by atoms with Crippen molar-refractivity contribution in [2.75, 3.05) is 6.61 Å². The molecule has 6 nitrogen and oxygen atoms in total. The molecule has 1 N–H and O–H groups in total. The standard InChI is InChI=1S/C9H9NO5/c1-2-5-14-7(11)4-3-6-8(12)15-9(13)10-6/h1,6H,3-5H2,(H,10,13)/t6-/m1/s1. The molecule has 0 saturated carbocycles. The molecule has 80 valence electrons. The van der Waals surface area contributed by atoms with Gasteiger partial charge < -0.3 is 14.8 Å². The van der Waals surface area contributed by atoms with Gasteiger partial charge in [-0.25, -0.2) is 9.59 Å². The van der Waals surface area contributed by atoms with Crippen LogP contribution in [-0.2, 0) is 19.1 Å². The Morgan fingerprint density at radius 1 is 1.60 bits per heavy atom. The molecule has 0 radical (unpaired) electrons. The quantitative estimate of drug-likeness (QED) is 0.388. The summed E-state index contributed by atoms with van der Waals surface area (Å²) in [5, 5.41) is 2.26. The first-order valence-corrected chi connectivity index (χ1v) is 4.24. The second kappa shape index (κ2) is 5.00.